The molecule has 2 aromatic heterocycles. The number of ether oxygens (including phenoxy) is 2. The van der Waals surface area contributed by atoms with Gasteiger partial charge in [0, 0.05) is 29.0 Å². The molecule has 1 aromatic carbocycles. The molecule has 3 aromatic rings. The zero-order valence-corrected chi connectivity index (χ0v) is 13.7. The van der Waals surface area contributed by atoms with E-state index in [1.807, 2.05) is 25.1 Å². The largest absolute Gasteiger partial charge is 0.493 e. The maximum atomic E-state index is 6.04. The van der Waals surface area contributed by atoms with E-state index in [-0.39, 0.29) is 5.28 Å². The van der Waals surface area contributed by atoms with Gasteiger partial charge in [0.15, 0.2) is 11.5 Å². The van der Waals surface area contributed by atoms with Crippen LogP contribution in [0.1, 0.15) is 5.69 Å². The van der Waals surface area contributed by atoms with E-state index in [1.54, 1.807) is 26.5 Å². The topological polar surface area (TPSA) is 69.2 Å². The third kappa shape index (κ3) is 3.12. The monoisotopic (exact) mass is 330 g/mol. The fraction of sp³-hybridized carbons (Fsp3) is 0.188. The summed E-state index contributed by atoms with van der Waals surface area (Å²) in [5.74, 6) is 1.77. The number of nitrogens with one attached hydrogen (secondary N) is 1. The van der Waals surface area contributed by atoms with Crippen LogP contribution in [0, 0.1) is 6.92 Å². The fourth-order valence-electron chi connectivity index (χ4n) is 2.28. The number of rotatable bonds is 4. The molecule has 0 atom stereocenters. The Balaban J connectivity index is 2.15. The Bertz CT molecular complexity index is 870. The van der Waals surface area contributed by atoms with Crippen LogP contribution in [0.15, 0.2) is 30.5 Å². The van der Waals surface area contributed by atoms with E-state index in [0.29, 0.717) is 22.8 Å². The molecule has 7 heteroatoms. The van der Waals surface area contributed by atoms with Crippen LogP contribution in [0.4, 0.5) is 11.5 Å². The molecule has 0 unspecified atom stereocenters. The molecule has 0 aliphatic rings. The first kappa shape index (κ1) is 15.3. The maximum Gasteiger partial charge on any atom is 0.224 e. The molecular formula is C16H15ClN4O2. The molecule has 0 amide bonds. The molecular weight excluding hydrogens is 316 g/mol. The lowest BCUT2D eigenvalue weighted by atomic mass is 10.2. The number of pyridine rings is 1. The van der Waals surface area contributed by atoms with Gasteiger partial charge in [-0.2, -0.15) is 4.98 Å². The minimum Gasteiger partial charge on any atom is -0.493 e. The molecule has 0 saturated carbocycles. The minimum absolute atomic E-state index is 0.151. The van der Waals surface area contributed by atoms with Gasteiger partial charge in [0.2, 0.25) is 5.28 Å². The number of hydrogen-bond acceptors (Lipinski definition) is 6. The highest BCUT2D eigenvalue weighted by molar-refractivity contribution is 6.28. The molecule has 0 spiro atoms. The van der Waals surface area contributed by atoms with Crippen molar-refractivity contribution in [3.8, 4) is 11.5 Å². The summed E-state index contributed by atoms with van der Waals surface area (Å²) in [7, 11) is 3.16. The zero-order chi connectivity index (χ0) is 16.4. The highest BCUT2D eigenvalue weighted by Crippen LogP contribution is 2.35. The number of benzene rings is 1. The van der Waals surface area contributed by atoms with Crippen molar-refractivity contribution in [2.24, 2.45) is 0 Å². The van der Waals surface area contributed by atoms with Gasteiger partial charge in [-0.25, -0.2) is 4.98 Å². The van der Waals surface area contributed by atoms with E-state index < -0.39 is 0 Å². The average molecular weight is 331 g/mol. The van der Waals surface area contributed by atoms with Gasteiger partial charge < -0.3 is 14.8 Å². The Kier molecular flexibility index (Phi) is 4.16. The first-order valence-corrected chi connectivity index (χ1v) is 7.27. The third-order valence-corrected chi connectivity index (χ3v) is 3.50. The Morgan fingerprint density at radius 2 is 1.78 bits per heavy atom. The summed E-state index contributed by atoms with van der Waals surface area (Å²) in [6.45, 7) is 1.92. The number of hydrogen-bond donors (Lipinski definition) is 1. The SMILES string of the molecule is COc1cc2nc(Cl)nc(Nc3ccnc(C)c3)c2cc1OC. The number of nitrogens with zero attached hydrogens (tertiary/aromatic N) is 3. The summed E-state index contributed by atoms with van der Waals surface area (Å²) < 4.78 is 10.6. The van der Waals surface area contributed by atoms with Gasteiger partial charge in [-0.1, -0.05) is 0 Å². The highest BCUT2D eigenvalue weighted by Gasteiger charge is 2.13. The fourth-order valence-corrected chi connectivity index (χ4v) is 2.46. The molecule has 118 valence electrons. The molecule has 0 radical (unpaired) electrons. The van der Waals surface area contributed by atoms with Crippen LogP contribution in [0.25, 0.3) is 10.9 Å². The number of halogens is 1. The lowest BCUT2D eigenvalue weighted by molar-refractivity contribution is 0.356. The van der Waals surface area contributed by atoms with Crippen LogP contribution >= 0.6 is 11.6 Å². The molecule has 1 N–H and O–H groups in total. The van der Waals surface area contributed by atoms with Gasteiger partial charge in [0.25, 0.3) is 0 Å². The van der Waals surface area contributed by atoms with E-state index in [4.69, 9.17) is 21.1 Å². The second-order valence-corrected chi connectivity index (χ2v) is 5.21. The van der Waals surface area contributed by atoms with Crippen molar-refractivity contribution in [3.63, 3.8) is 0 Å². The van der Waals surface area contributed by atoms with Crippen LogP contribution in [-0.2, 0) is 0 Å². The Hall–Kier alpha value is -2.60. The number of methoxy groups -OCH3 is 2. The summed E-state index contributed by atoms with van der Waals surface area (Å²) in [6, 6.07) is 7.36. The molecule has 0 aliphatic carbocycles. The molecule has 23 heavy (non-hydrogen) atoms. The average Bonchev–Trinajstić information content (AvgIpc) is 2.53. The van der Waals surface area contributed by atoms with Crippen LogP contribution in [-0.4, -0.2) is 29.2 Å². The van der Waals surface area contributed by atoms with Gasteiger partial charge >= 0.3 is 0 Å². The Labute approximate surface area is 138 Å². The van der Waals surface area contributed by atoms with Crippen LogP contribution in [0.2, 0.25) is 5.28 Å². The van der Waals surface area contributed by atoms with E-state index in [0.717, 1.165) is 16.8 Å². The van der Waals surface area contributed by atoms with Gasteiger partial charge in [-0.3, -0.25) is 4.98 Å². The van der Waals surface area contributed by atoms with Crippen LogP contribution < -0.4 is 14.8 Å². The Morgan fingerprint density at radius 3 is 2.48 bits per heavy atom. The lowest BCUT2D eigenvalue weighted by Crippen LogP contribution is -1.99. The minimum atomic E-state index is 0.151. The second kappa shape index (κ2) is 6.26. The third-order valence-electron chi connectivity index (χ3n) is 3.33. The maximum absolute atomic E-state index is 6.04. The lowest BCUT2D eigenvalue weighted by Gasteiger charge is -2.12. The summed E-state index contributed by atoms with van der Waals surface area (Å²) in [4.78, 5) is 12.7. The van der Waals surface area contributed by atoms with Gasteiger partial charge in [-0.15, -0.1) is 0 Å². The summed E-state index contributed by atoms with van der Waals surface area (Å²) in [5.41, 5.74) is 2.43. The number of fused-ring (bicyclic) bond motifs is 1. The number of anilines is 2. The quantitative estimate of drug-likeness (QED) is 0.735. The summed E-state index contributed by atoms with van der Waals surface area (Å²) >= 11 is 6.04. The Morgan fingerprint density at radius 1 is 1.04 bits per heavy atom. The molecule has 6 nitrogen and oxygen atoms in total. The first-order chi connectivity index (χ1) is 11.1. The summed E-state index contributed by atoms with van der Waals surface area (Å²) in [5, 5.41) is 4.18. The smallest absolute Gasteiger partial charge is 0.224 e. The van der Waals surface area contributed by atoms with Crippen molar-refractivity contribution >= 4 is 34.0 Å². The van der Waals surface area contributed by atoms with Crippen molar-refractivity contribution in [1.82, 2.24) is 15.0 Å². The molecule has 0 saturated heterocycles. The van der Waals surface area contributed by atoms with Gasteiger partial charge in [0.1, 0.15) is 5.82 Å². The zero-order valence-electron chi connectivity index (χ0n) is 12.9. The van der Waals surface area contributed by atoms with Crippen molar-refractivity contribution in [1.29, 1.82) is 0 Å². The van der Waals surface area contributed by atoms with E-state index in [9.17, 15) is 0 Å². The molecule has 0 bridgehead atoms. The molecule has 0 aliphatic heterocycles. The van der Waals surface area contributed by atoms with Crippen molar-refractivity contribution < 1.29 is 9.47 Å². The predicted octanol–water partition coefficient (Wildman–Crippen LogP) is 3.75. The van der Waals surface area contributed by atoms with Crippen molar-refractivity contribution in [2.75, 3.05) is 19.5 Å². The number of aryl methyl sites for hydroxylation is 1. The van der Waals surface area contributed by atoms with Gasteiger partial charge in [0.05, 0.1) is 19.7 Å². The van der Waals surface area contributed by atoms with Gasteiger partial charge in [-0.05, 0) is 36.7 Å². The molecule has 0 fully saturated rings. The molecule has 2 heterocycles. The second-order valence-electron chi connectivity index (χ2n) is 4.88. The van der Waals surface area contributed by atoms with Crippen LogP contribution in [0.3, 0.4) is 0 Å². The van der Waals surface area contributed by atoms with E-state index in [1.165, 1.54) is 0 Å². The normalized spacial score (nSPS) is 10.6. The predicted molar refractivity (Wildman–Crippen MR) is 89.9 cm³/mol. The van der Waals surface area contributed by atoms with Crippen molar-refractivity contribution in [3.05, 3.63) is 41.4 Å². The standard InChI is InChI=1S/C16H15ClN4O2/c1-9-6-10(4-5-18-9)19-15-11-7-13(22-2)14(23-3)8-12(11)20-16(17)21-15/h4-8H,1-3H3,(H,18,19,20,21). The van der Waals surface area contributed by atoms with E-state index >= 15 is 0 Å². The first-order valence-electron chi connectivity index (χ1n) is 6.89. The molecule has 3 rings (SSSR count). The van der Waals surface area contributed by atoms with Crippen LogP contribution in [0.5, 0.6) is 11.5 Å². The van der Waals surface area contributed by atoms with E-state index in [2.05, 4.69) is 20.3 Å². The summed E-state index contributed by atoms with van der Waals surface area (Å²) in [6.07, 6.45) is 1.73. The highest BCUT2D eigenvalue weighted by atomic mass is 35.5. The number of aromatic nitrogens is 3. The van der Waals surface area contributed by atoms with Crippen molar-refractivity contribution in [2.45, 2.75) is 6.92 Å².